The summed E-state index contributed by atoms with van der Waals surface area (Å²) in [6.45, 7) is 0. The van der Waals surface area contributed by atoms with Gasteiger partial charge in [-0.25, -0.2) is 0 Å². The maximum absolute atomic E-state index is 11.6. The largest absolute Gasteiger partial charge is 0.347 e. The van der Waals surface area contributed by atoms with Crippen LogP contribution >= 0.6 is 0 Å². The molecule has 0 aromatic rings. The number of likely N-dealkylation sites (N-methyl/N-ethyl adjacent to an activating group) is 1. The number of terminal acetylenes is 1. The zero-order valence-electron chi connectivity index (χ0n) is 8.88. The van der Waals surface area contributed by atoms with E-state index >= 15 is 0 Å². The van der Waals surface area contributed by atoms with Crippen LogP contribution in [0.3, 0.4) is 0 Å². The molecular weight excluding hydrogens is 192 g/mol. The molecule has 1 amide bonds. The molecule has 1 atom stereocenters. The van der Waals surface area contributed by atoms with Crippen molar-refractivity contribution < 1.29 is 9.59 Å². The molecule has 0 saturated heterocycles. The fourth-order valence-corrected chi connectivity index (χ4v) is 1.28. The second-order valence-corrected chi connectivity index (χ2v) is 3.70. The van der Waals surface area contributed by atoms with Gasteiger partial charge in [-0.05, 0) is 26.3 Å². The number of nitrogens with one attached hydrogen (secondary N) is 2. The molecule has 1 aliphatic rings. The van der Waals surface area contributed by atoms with Crippen molar-refractivity contribution in [1.82, 2.24) is 10.6 Å². The molecule has 0 heterocycles. The summed E-state index contributed by atoms with van der Waals surface area (Å²) in [6, 6.07) is -0.244. The second-order valence-electron chi connectivity index (χ2n) is 3.70. The van der Waals surface area contributed by atoms with Crippen LogP contribution in [0.5, 0.6) is 0 Å². The summed E-state index contributed by atoms with van der Waals surface area (Å²) in [7, 11) is 1.66. The van der Waals surface area contributed by atoms with Crippen molar-refractivity contribution in [2.75, 3.05) is 7.05 Å². The van der Waals surface area contributed by atoms with Gasteiger partial charge in [-0.3, -0.25) is 9.59 Å². The molecule has 0 aliphatic heterocycles. The summed E-state index contributed by atoms with van der Waals surface area (Å²) in [6.07, 6.45) is 8.07. The van der Waals surface area contributed by atoms with Gasteiger partial charge in [-0.1, -0.05) is 0 Å². The fourth-order valence-electron chi connectivity index (χ4n) is 1.28. The van der Waals surface area contributed by atoms with Gasteiger partial charge in [0, 0.05) is 12.5 Å². The SMILES string of the molecule is C#CCCC(NC)C(=O)C(=O)NC1CC1. The summed E-state index contributed by atoms with van der Waals surface area (Å²) < 4.78 is 0. The van der Waals surface area contributed by atoms with Gasteiger partial charge >= 0.3 is 0 Å². The standard InChI is InChI=1S/C11H16N2O2/c1-3-4-5-9(12-2)10(14)11(15)13-8-6-7-8/h1,8-9,12H,4-7H2,2H3,(H,13,15). The highest BCUT2D eigenvalue weighted by atomic mass is 16.2. The van der Waals surface area contributed by atoms with Gasteiger partial charge in [0.05, 0.1) is 6.04 Å². The summed E-state index contributed by atoms with van der Waals surface area (Å²) in [5.74, 6) is 1.55. The molecule has 1 fully saturated rings. The van der Waals surface area contributed by atoms with Gasteiger partial charge in [0.25, 0.3) is 5.91 Å². The smallest absolute Gasteiger partial charge is 0.289 e. The molecule has 4 heteroatoms. The van der Waals surface area contributed by atoms with Crippen LogP contribution in [0.2, 0.25) is 0 Å². The van der Waals surface area contributed by atoms with Gasteiger partial charge < -0.3 is 10.6 Å². The molecule has 0 aromatic heterocycles. The number of rotatable bonds is 6. The maximum atomic E-state index is 11.6. The van der Waals surface area contributed by atoms with E-state index in [-0.39, 0.29) is 6.04 Å². The Morgan fingerprint density at radius 2 is 2.20 bits per heavy atom. The maximum Gasteiger partial charge on any atom is 0.289 e. The van der Waals surface area contributed by atoms with Crippen LogP contribution in [0, 0.1) is 12.3 Å². The van der Waals surface area contributed by atoms with Gasteiger partial charge in [0.2, 0.25) is 5.78 Å². The monoisotopic (exact) mass is 208 g/mol. The van der Waals surface area contributed by atoms with Crippen LogP contribution in [-0.4, -0.2) is 30.8 Å². The van der Waals surface area contributed by atoms with E-state index in [1.165, 1.54) is 0 Å². The van der Waals surface area contributed by atoms with Crippen LogP contribution in [0.25, 0.3) is 0 Å². The Kier molecular flexibility index (Phi) is 4.32. The third-order valence-corrected chi connectivity index (χ3v) is 2.38. The Hall–Kier alpha value is -1.34. The van der Waals surface area contributed by atoms with E-state index in [4.69, 9.17) is 6.42 Å². The number of ketones is 1. The first-order chi connectivity index (χ1) is 7.19. The predicted molar refractivity (Wildman–Crippen MR) is 57.1 cm³/mol. The number of amides is 1. The van der Waals surface area contributed by atoms with E-state index in [1.54, 1.807) is 7.05 Å². The van der Waals surface area contributed by atoms with Gasteiger partial charge in [-0.2, -0.15) is 0 Å². The fraction of sp³-hybridized carbons (Fsp3) is 0.636. The number of carbonyl (C=O) groups excluding carboxylic acids is 2. The van der Waals surface area contributed by atoms with Gasteiger partial charge in [0.15, 0.2) is 0 Å². The van der Waals surface area contributed by atoms with E-state index < -0.39 is 17.7 Å². The third-order valence-electron chi connectivity index (χ3n) is 2.38. The van der Waals surface area contributed by atoms with Crippen molar-refractivity contribution in [3.05, 3.63) is 0 Å². The molecular formula is C11H16N2O2. The van der Waals surface area contributed by atoms with Crippen LogP contribution in [-0.2, 0) is 9.59 Å². The molecule has 1 unspecified atom stereocenters. The highest BCUT2D eigenvalue weighted by Crippen LogP contribution is 2.18. The lowest BCUT2D eigenvalue weighted by molar-refractivity contribution is -0.139. The summed E-state index contributed by atoms with van der Waals surface area (Å²) in [5.41, 5.74) is 0. The molecule has 2 N–H and O–H groups in total. The Labute approximate surface area is 89.8 Å². The average Bonchev–Trinajstić information content (AvgIpc) is 3.02. The molecule has 1 aliphatic carbocycles. The van der Waals surface area contributed by atoms with Crippen LogP contribution < -0.4 is 10.6 Å². The van der Waals surface area contributed by atoms with E-state index in [9.17, 15) is 9.59 Å². The van der Waals surface area contributed by atoms with Crippen molar-refractivity contribution in [2.24, 2.45) is 0 Å². The minimum atomic E-state index is -0.492. The first kappa shape index (κ1) is 11.7. The lowest BCUT2D eigenvalue weighted by Gasteiger charge is -2.12. The highest BCUT2D eigenvalue weighted by molar-refractivity contribution is 6.38. The number of hydrogen-bond acceptors (Lipinski definition) is 3. The van der Waals surface area contributed by atoms with Gasteiger partial charge in [-0.15, -0.1) is 12.3 Å². The summed E-state index contributed by atoms with van der Waals surface area (Å²) in [4.78, 5) is 23.0. The minimum Gasteiger partial charge on any atom is -0.347 e. The quantitative estimate of drug-likeness (QED) is 0.471. The lowest BCUT2D eigenvalue weighted by Crippen LogP contribution is -2.44. The first-order valence-corrected chi connectivity index (χ1v) is 5.14. The van der Waals surface area contributed by atoms with Gasteiger partial charge in [0.1, 0.15) is 0 Å². The van der Waals surface area contributed by atoms with E-state index in [0.717, 1.165) is 12.8 Å². The number of hydrogen-bond donors (Lipinski definition) is 2. The average molecular weight is 208 g/mol. The zero-order chi connectivity index (χ0) is 11.3. The topological polar surface area (TPSA) is 58.2 Å². The Balaban J connectivity index is 2.40. The third kappa shape index (κ3) is 3.72. The molecule has 1 rings (SSSR count). The molecule has 0 bridgehead atoms. The normalized spacial score (nSPS) is 16.5. The molecule has 0 aromatic carbocycles. The van der Waals surface area contributed by atoms with Crippen molar-refractivity contribution >= 4 is 11.7 Å². The molecule has 15 heavy (non-hydrogen) atoms. The van der Waals surface area contributed by atoms with Crippen molar-refractivity contribution in [2.45, 2.75) is 37.8 Å². The van der Waals surface area contributed by atoms with E-state index in [1.807, 2.05) is 0 Å². The van der Waals surface area contributed by atoms with Crippen molar-refractivity contribution in [1.29, 1.82) is 0 Å². The van der Waals surface area contributed by atoms with Crippen molar-refractivity contribution in [3.63, 3.8) is 0 Å². The van der Waals surface area contributed by atoms with Crippen LogP contribution in [0.15, 0.2) is 0 Å². The van der Waals surface area contributed by atoms with Crippen molar-refractivity contribution in [3.8, 4) is 12.3 Å². The van der Waals surface area contributed by atoms with E-state index in [0.29, 0.717) is 12.8 Å². The zero-order valence-corrected chi connectivity index (χ0v) is 8.88. The molecule has 4 nitrogen and oxygen atoms in total. The highest BCUT2D eigenvalue weighted by Gasteiger charge is 2.29. The Bertz CT molecular complexity index is 289. The van der Waals surface area contributed by atoms with Crippen LogP contribution in [0.4, 0.5) is 0 Å². The summed E-state index contributed by atoms with van der Waals surface area (Å²) in [5, 5.41) is 5.47. The number of carbonyl (C=O) groups is 2. The molecule has 82 valence electrons. The lowest BCUT2D eigenvalue weighted by atomic mass is 10.1. The van der Waals surface area contributed by atoms with Crippen LogP contribution in [0.1, 0.15) is 25.7 Å². The molecule has 1 saturated carbocycles. The Morgan fingerprint density at radius 1 is 1.53 bits per heavy atom. The first-order valence-electron chi connectivity index (χ1n) is 5.14. The molecule has 0 spiro atoms. The molecule has 0 radical (unpaired) electrons. The minimum absolute atomic E-state index is 0.214. The predicted octanol–water partition coefficient (Wildman–Crippen LogP) is -0.165. The summed E-state index contributed by atoms with van der Waals surface area (Å²) >= 11 is 0. The Morgan fingerprint density at radius 3 is 2.67 bits per heavy atom. The van der Waals surface area contributed by atoms with E-state index in [2.05, 4.69) is 16.6 Å². The number of Topliss-reactive ketones (excluding diaryl/α,β-unsaturated/α-hetero) is 1. The second kappa shape index (κ2) is 5.52.